The minimum Gasteiger partial charge on any atom is -0.339 e. The lowest BCUT2D eigenvalue weighted by Gasteiger charge is -2.21. The third-order valence-electron chi connectivity index (χ3n) is 3.80. The van der Waals surface area contributed by atoms with E-state index < -0.39 is 0 Å². The molecule has 0 aromatic heterocycles. The summed E-state index contributed by atoms with van der Waals surface area (Å²) in [6, 6.07) is 0. The summed E-state index contributed by atoms with van der Waals surface area (Å²) in [4.78, 5) is 13.7. The van der Waals surface area contributed by atoms with Crippen LogP contribution in [0.3, 0.4) is 0 Å². The van der Waals surface area contributed by atoms with Gasteiger partial charge in [0.05, 0.1) is 0 Å². The molecule has 2 heteroatoms. The van der Waals surface area contributed by atoms with Crippen LogP contribution >= 0.6 is 0 Å². The van der Waals surface area contributed by atoms with Gasteiger partial charge in [-0.25, -0.2) is 0 Å². The van der Waals surface area contributed by atoms with E-state index in [0.717, 1.165) is 25.9 Å². The average Bonchev–Trinajstić information content (AvgIpc) is 2.47. The van der Waals surface area contributed by atoms with Crippen molar-refractivity contribution in [3.63, 3.8) is 0 Å². The van der Waals surface area contributed by atoms with Crippen LogP contribution in [0.1, 0.15) is 84.5 Å². The zero-order valence-electron chi connectivity index (χ0n) is 13.8. The summed E-state index contributed by atoms with van der Waals surface area (Å²) in [5.74, 6) is 0.101. The van der Waals surface area contributed by atoms with Crippen LogP contribution in [0, 0.1) is 0 Å². The Morgan fingerprint density at radius 2 is 1.20 bits per heavy atom. The van der Waals surface area contributed by atoms with Gasteiger partial charge in [-0.15, -0.1) is 0 Å². The molecule has 118 valence electrons. The first-order chi connectivity index (χ1) is 9.76. The summed E-state index contributed by atoms with van der Waals surface area (Å²) in [6.45, 7) is 9.86. The minimum absolute atomic E-state index is 0.101. The van der Waals surface area contributed by atoms with Crippen molar-refractivity contribution in [2.75, 3.05) is 13.1 Å². The Bertz CT molecular complexity index is 238. The van der Waals surface area contributed by atoms with Gasteiger partial charge < -0.3 is 4.90 Å². The molecule has 0 fully saturated rings. The van der Waals surface area contributed by atoms with Gasteiger partial charge >= 0.3 is 0 Å². The molecule has 0 radical (unpaired) electrons. The van der Waals surface area contributed by atoms with Crippen molar-refractivity contribution in [3.05, 3.63) is 12.7 Å². The van der Waals surface area contributed by atoms with Gasteiger partial charge in [0.2, 0.25) is 5.91 Å². The molecule has 0 aliphatic carbocycles. The molecule has 0 bridgehead atoms. The normalized spacial score (nSPS) is 10.5. The predicted molar refractivity (Wildman–Crippen MR) is 88.9 cm³/mol. The molecule has 0 aromatic rings. The van der Waals surface area contributed by atoms with E-state index in [1.165, 1.54) is 63.9 Å². The SMILES string of the molecule is C=CC(=O)N(CCCCC)CCCCCCCCCC. The molecule has 0 saturated carbocycles. The largest absolute Gasteiger partial charge is 0.339 e. The fourth-order valence-electron chi connectivity index (χ4n) is 2.45. The third-order valence-corrected chi connectivity index (χ3v) is 3.80. The van der Waals surface area contributed by atoms with Crippen LogP contribution in [0.5, 0.6) is 0 Å². The molecule has 0 rings (SSSR count). The molecule has 0 atom stereocenters. The fourth-order valence-corrected chi connectivity index (χ4v) is 2.45. The van der Waals surface area contributed by atoms with Gasteiger partial charge in [-0.05, 0) is 18.9 Å². The lowest BCUT2D eigenvalue weighted by atomic mass is 10.1. The Morgan fingerprint density at radius 3 is 1.70 bits per heavy atom. The highest BCUT2D eigenvalue weighted by Gasteiger charge is 2.08. The van der Waals surface area contributed by atoms with Gasteiger partial charge in [0.1, 0.15) is 0 Å². The van der Waals surface area contributed by atoms with Crippen molar-refractivity contribution >= 4 is 5.91 Å². The smallest absolute Gasteiger partial charge is 0.245 e. The van der Waals surface area contributed by atoms with E-state index in [0.29, 0.717) is 0 Å². The first-order valence-corrected chi connectivity index (χ1v) is 8.67. The molecule has 0 spiro atoms. The molecule has 0 aromatic carbocycles. The van der Waals surface area contributed by atoms with E-state index in [1.807, 2.05) is 4.90 Å². The summed E-state index contributed by atoms with van der Waals surface area (Å²) in [5, 5.41) is 0. The van der Waals surface area contributed by atoms with Crippen LogP contribution in [0.25, 0.3) is 0 Å². The number of carbonyl (C=O) groups excluding carboxylic acids is 1. The van der Waals surface area contributed by atoms with Gasteiger partial charge in [0.15, 0.2) is 0 Å². The zero-order chi connectivity index (χ0) is 15.1. The molecule has 0 heterocycles. The van der Waals surface area contributed by atoms with E-state index in [1.54, 1.807) is 0 Å². The van der Waals surface area contributed by atoms with E-state index in [4.69, 9.17) is 0 Å². The molecule has 0 unspecified atom stereocenters. The summed E-state index contributed by atoms with van der Waals surface area (Å²) >= 11 is 0. The summed E-state index contributed by atoms with van der Waals surface area (Å²) in [6.07, 6.45) is 15.5. The van der Waals surface area contributed by atoms with Crippen LogP contribution in [0.4, 0.5) is 0 Å². The number of nitrogens with zero attached hydrogens (tertiary/aromatic N) is 1. The quantitative estimate of drug-likeness (QED) is 0.311. The van der Waals surface area contributed by atoms with Crippen molar-refractivity contribution < 1.29 is 4.79 Å². The Labute approximate surface area is 126 Å². The highest BCUT2D eigenvalue weighted by molar-refractivity contribution is 5.86. The van der Waals surface area contributed by atoms with E-state index in [9.17, 15) is 4.79 Å². The standard InChI is InChI=1S/C18H35NO/c1-4-7-9-10-11-12-13-15-17-19(18(20)6-3)16-14-8-5-2/h6H,3-5,7-17H2,1-2H3. The van der Waals surface area contributed by atoms with Gasteiger partial charge in [0.25, 0.3) is 0 Å². The highest BCUT2D eigenvalue weighted by Crippen LogP contribution is 2.09. The second-order valence-corrected chi connectivity index (χ2v) is 5.71. The summed E-state index contributed by atoms with van der Waals surface area (Å²) in [5.41, 5.74) is 0. The van der Waals surface area contributed by atoms with Crippen LogP contribution in [0.2, 0.25) is 0 Å². The van der Waals surface area contributed by atoms with Crippen LogP contribution in [0.15, 0.2) is 12.7 Å². The summed E-state index contributed by atoms with van der Waals surface area (Å²) in [7, 11) is 0. The van der Waals surface area contributed by atoms with Crippen molar-refractivity contribution in [1.29, 1.82) is 0 Å². The molecule has 1 amide bonds. The Balaban J connectivity index is 3.63. The number of carbonyl (C=O) groups is 1. The zero-order valence-corrected chi connectivity index (χ0v) is 13.8. The van der Waals surface area contributed by atoms with Gasteiger partial charge in [-0.3, -0.25) is 4.79 Å². The summed E-state index contributed by atoms with van der Waals surface area (Å²) < 4.78 is 0. The van der Waals surface area contributed by atoms with Crippen molar-refractivity contribution in [2.45, 2.75) is 84.5 Å². The maximum atomic E-state index is 11.8. The van der Waals surface area contributed by atoms with Gasteiger partial charge in [-0.2, -0.15) is 0 Å². The molecular weight excluding hydrogens is 246 g/mol. The fraction of sp³-hybridized carbons (Fsp3) is 0.833. The maximum Gasteiger partial charge on any atom is 0.245 e. The number of rotatable bonds is 14. The second kappa shape index (κ2) is 14.6. The molecular formula is C18H35NO. The maximum absolute atomic E-state index is 11.8. The van der Waals surface area contributed by atoms with E-state index in [-0.39, 0.29) is 5.91 Å². The molecule has 0 aliphatic heterocycles. The number of unbranched alkanes of at least 4 members (excludes halogenated alkanes) is 9. The van der Waals surface area contributed by atoms with Crippen LogP contribution in [-0.2, 0) is 4.79 Å². The van der Waals surface area contributed by atoms with E-state index >= 15 is 0 Å². The van der Waals surface area contributed by atoms with Crippen molar-refractivity contribution in [2.24, 2.45) is 0 Å². The van der Waals surface area contributed by atoms with E-state index in [2.05, 4.69) is 20.4 Å². The van der Waals surface area contributed by atoms with Crippen LogP contribution in [-0.4, -0.2) is 23.9 Å². The molecule has 0 saturated heterocycles. The number of hydrogen-bond acceptors (Lipinski definition) is 1. The first-order valence-electron chi connectivity index (χ1n) is 8.67. The molecule has 0 N–H and O–H groups in total. The highest BCUT2D eigenvalue weighted by atomic mass is 16.2. The van der Waals surface area contributed by atoms with Crippen molar-refractivity contribution in [1.82, 2.24) is 4.90 Å². The molecule has 2 nitrogen and oxygen atoms in total. The minimum atomic E-state index is 0.101. The van der Waals surface area contributed by atoms with Gasteiger partial charge in [0, 0.05) is 13.1 Å². The third kappa shape index (κ3) is 11.1. The lowest BCUT2D eigenvalue weighted by molar-refractivity contribution is -0.126. The number of amides is 1. The van der Waals surface area contributed by atoms with Gasteiger partial charge in [-0.1, -0.05) is 78.2 Å². The Morgan fingerprint density at radius 1 is 0.800 bits per heavy atom. The molecule has 0 aliphatic rings. The lowest BCUT2D eigenvalue weighted by Crippen LogP contribution is -2.31. The first kappa shape index (κ1) is 19.2. The number of hydrogen-bond donors (Lipinski definition) is 0. The monoisotopic (exact) mass is 281 g/mol. The van der Waals surface area contributed by atoms with Crippen molar-refractivity contribution in [3.8, 4) is 0 Å². The topological polar surface area (TPSA) is 20.3 Å². The second-order valence-electron chi connectivity index (χ2n) is 5.71. The Hall–Kier alpha value is -0.790. The average molecular weight is 281 g/mol. The van der Waals surface area contributed by atoms with Crippen LogP contribution < -0.4 is 0 Å². The Kier molecular flexibility index (Phi) is 14.0. The predicted octanol–water partition coefficient (Wildman–Crippen LogP) is 5.33. The molecule has 20 heavy (non-hydrogen) atoms.